The van der Waals surface area contributed by atoms with Crippen LogP contribution < -0.4 is 9.47 Å². The van der Waals surface area contributed by atoms with Gasteiger partial charge in [-0.05, 0) is 54.6 Å². The highest BCUT2D eigenvalue weighted by atomic mass is 32.1. The van der Waals surface area contributed by atoms with Crippen LogP contribution in [0.5, 0.6) is 11.5 Å². The van der Waals surface area contributed by atoms with Crippen LogP contribution in [-0.4, -0.2) is 37.1 Å². The molecule has 0 fully saturated rings. The predicted molar refractivity (Wildman–Crippen MR) is 109 cm³/mol. The number of methoxy groups -OCH3 is 1. The Morgan fingerprint density at radius 3 is 2.57 bits per heavy atom. The van der Waals surface area contributed by atoms with Crippen molar-refractivity contribution in [2.45, 2.75) is 6.61 Å². The summed E-state index contributed by atoms with van der Waals surface area (Å²) in [4.78, 5) is 0.642. The van der Waals surface area contributed by atoms with Gasteiger partial charge in [0.2, 0.25) is 10.8 Å². The molecule has 5 rings (SSSR count). The third kappa shape index (κ3) is 3.48. The molecule has 0 unspecified atom stereocenters. The maximum absolute atomic E-state index is 13.0. The van der Waals surface area contributed by atoms with E-state index in [2.05, 4.69) is 25.5 Å². The second-order valence-corrected chi connectivity index (χ2v) is 7.39. The number of aromatic amines is 1. The average molecular weight is 422 g/mol. The van der Waals surface area contributed by atoms with Crippen LogP contribution >= 0.6 is 11.3 Å². The second-order valence-electron chi connectivity index (χ2n) is 6.35. The zero-order valence-corrected chi connectivity index (χ0v) is 16.6. The van der Waals surface area contributed by atoms with Crippen molar-refractivity contribution in [2.75, 3.05) is 7.11 Å². The van der Waals surface area contributed by atoms with Gasteiger partial charge in [-0.25, -0.2) is 4.39 Å². The van der Waals surface area contributed by atoms with Crippen LogP contribution in [0.3, 0.4) is 0 Å². The highest BCUT2D eigenvalue weighted by molar-refractivity contribution is 7.16. The summed E-state index contributed by atoms with van der Waals surface area (Å²) in [6.07, 6.45) is 0. The van der Waals surface area contributed by atoms with Crippen LogP contribution in [0.2, 0.25) is 0 Å². The summed E-state index contributed by atoms with van der Waals surface area (Å²) >= 11 is 1.37. The molecule has 10 heteroatoms. The molecule has 5 aromatic rings. The van der Waals surface area contributed by atoms with Gasteiger partial charge < -0.3 is 9.47 Å². The lowest BCUT2D eigenvalue weighted by molar-refractivity contribution is 0.303. The normalized spacial score (nSPS) is 11.1. The number of H-pyrrole nitrogens is 1. The van der Waals surface area contributed by atoms with E-state index in [1.165, 1.54) is 23.5 Å². The van der Waals surface area contributed by atoms with Crippen molar-refractivity contribution >= 4 is 16.3 Å². The van der Waals surface area contributed by atoms with Gasteiger partial charge in [0.25, 0.3) is 0 Å². The third-order valence-corrected chi connectivity index (χ3v) is 5.29. The number of fused-ring (bicyclic) bond motifs is 1. The molecule has 0 bridgehead atoms. The zero-order chi connectivity index (χ0) is 20.5. The van der Waals surface area contributed by atoms with Gasteiger partial charge in [0.05, 0.1) is 12.8 Å². The highest BCUT2D eigenvalue weighted by Crippen LogP contribution is 2.26. The van der Waals surface area contributed by atoms with Crippen molar-refractivity contribution < 1.29 is 13.9 Å². The molecule has 0 aliphatic heterocycles. The van der Waals surface area contributed by atoms with E-state index >= 15 is 0 Å². The van der Waals surface area contributed by atoms with Crippen molar-refractivity contribution in [3.63, 3.8) is 0 Å². The quantitative estimate of drug-likeness (QED) is 0.445. The fraction of sp³-hybridized carbons (Fsp3) is 0.100. The molecular formula is C20H15FN6O2S. The lowest BCUT2D eigenvalue weighted by Gasteiger charge is -2.02. The molecule has 30 heavy (non-hydrogen) atoms. The first-order valence-electron chi connectivity index (χ1n) is 8.99. The number of halogens is 1. The van der Waals surface area contributed by atoms with E-state index in [-0.39, 0.29) is 12.4 Å². The van der Waals surface area contributed by atoms with E-state index in [9.17, 15) is 4.39 Å². The van der Waals surface area contributed by atoms with Crippen LogP contribution in [0.15, 0.2) is 54.6 Å². The number of hydrogen-bond donors (Lipinski definition) is 1. The van der Waals surface area contributed by atoms with Crippen LogP contribution in [0.4, 0.5) is 4.39 Å². The molecule has 0 amide bonds. The molecule has 2 aromatic carbocycles. The van der Waals surface area contributed by atoms with Crippen LogP contribution in [-0.2, 0) is 6.61 Å². The van der Waals surface area contributed by atoms with Crippen molar-refractivity contribution in [3.8, 4) is 34.3 Å². The lowest BCUT2D eigenvalue weighted by Crippen LogP contribution is -1.97. The Balaban J connectivity index is 1.37. The topological polar surface area (TPSA) is 90.2 Å². The number of nitrogens with one attached hydrogen (secondary N) is 1. The van der Waals surface area contributed by atoms with Gasteiger partial charge in [-0.3, -0.25) is 5.10 Å². The molecule has 0 atom stereocenters. The minimum Gasteiger partial charge on any atom is -0.497 e. The summed E-state index contributed by atoms with van der Waals surface area (Å²) in [5, 5.41) is 21.0. The van der Waals surface area contributed by atoms with Crippen molar-refractivity contribution in [2.24, 2.45) is 0 Å². The smallest absolute Gasteiger partial charge is 0.235 e. The van der Waals surface area contributed by atoms with Crippen molar-refractivity contribution in [1.29, 1.82) is 0 Å². The number of rotatable bonds is 6. The second kappa shape index (κ2) is 7.56. The number of aromatic nitrogens is 6. The van der Waals surface area contributed by atoms with E-state index in [1.807, 2.05) is 30.3 Å². The van der Waals surface area contributed by atoms with E-state index in [1.54, 1.807) is 23.8 Å². The summed E-state index contributed by atoms with van der Waals surface area (Å²) < 4.78 is 25.5. The van der Waals surface area contributed by atoms with E-state index in [0.29, 0.717) is 22.2 Å². The van der Waals surface area contributed by atoms with Crippen molar-refractivity contribution in [1.82, 2.24) is 30.0 Å². The van der Waals surface area contributed by atoms with Crippen LogP contribution in [0.25, 0.3) is 27.7 Å². The SMILES string of the molecule is COc1ccc(-c2cc(-c3nnc4sc(COc5ccc(F)cc5)nn34)[nH]n2)cc1. The lowest BCUT2D eigenvalue weighted by atomic mass is 10.1. The molecule has 0 saturated carbocycles. The molecule has 3 aromatic heterocycles. The molecule has 0 aliphatic carbocycles. The van der Waals surface area contributed by atoms with Crippen LogP contribution in [0, 0.1) is 5.82 Å². The van der Waals surface area contributed by atoms with E-state index in [4.69, 9.17) is 9.47 Å². The fourth-order valence-corrected chi connectivity index (χ4v) is 3.65. The Morgan fingerprint density at radius 1 is 1.03 bits per heavy atom. The van der Waals surface area contributed by atoms with Gasteiger partial charge >= 0.3 is 0 Å². The highest BCUT2D eigenvalue weighted by Gasteiger charge is 2.16. The molecule has 8 nitrogen and oxygen atoms in total. The van der Waals surface area contributed by atoms with Gasteiger partial charge in [-0.15, -0.1) is 10.2 Å². The Bertz CT molecular complexity index is 1290. The first-order valence-corrected chi connectivity index (χ1v) is 9.81. The average Bonchev–Trinajstić information content (AvgIpc) is 3.49. The Hall–Kier alpha value is -3.79. The minimum absolute atomic E-state index is 0.249. The fourth-order valence-electron chi connectivity index (χ4n) is 2.90. The predicted octanol–water partition coefficient (Wildman–Crippen LogP) is 3.97. The van der Waals surface area contributed by atoms with Gasteiger partial charge in [-0.1, -0.05) is 11.3 Å². The van der Waals surface area contributed by atoms with E-state index in [0.717, 1.165) is 22.0 Å². The first kappa shape index (κ1) is 18.3. The van der Waals surface area contributed by atoms with Gasteiger partial charge in [0.15, 0.2) is 5.01 Å². The molecule has 150 valence electrons. The monoisotopic (exact) mass is 422 g/mol. The molecule has 0 spiro atoms. The number of nitrogens with zero attached hydrogens (tertiary/aromatic N) is 5. The zero-order valence-electron chi connectivity index (χ0n) is 15.7. The summed E-state index contributed by atoms with van der Waals surface area (Å²) in [6.45, 7) is 0.249. The van der Waals surface area contributed by atoms with Gasteiger partial charge in [0, 0.05) is 5.56 Å². The minimum atomic E-state index is -0.306. The molecule has 0 saturated heterocycles. The number of ether oxygens (including phenoxy) is 2. The Kier molecular flexibility index (Phi) is 4.60. The molecule has 0 aliphatic rings. The molecule has 3 heterocycles. The largest absolute Gasteiger partial charge is 0.497 e. The summed E-state index contributed by atoms with van der Waals surface area (Å²) in [5.41, 5.74) is 2.43. The maximum atomic E-state index is 13.0. The standard InChI is InChI=1S/C20H15FN6O2S/c1-28-14-6-2-12(3-7-14)16-10-17(23-22-16)19-24-25-20-27(19)26-18(30-20)11-29-15-8-4-13(21)5-9-15/h2-10H,11H2,1H3,(H,22,23). The first-order chi connectivity index (χ1) is 14.7. The Labute approximate surface area is 173 Å². The molecule has 0 radical (unpaired) electrons. The van der Waals surface area contributed by atoms with Crippen molar-refractivity contribution in [3.05, 3.63) is 65.4 Å². The van der Waals surface area contributed by atoms with E-state index < -0.39 is 0 Å². The van der Waals surface area contributed by atoms with Crippen LogP contribution in [0.1, 0.15) is 5.01 Å². The summed E-state index contributed by atoms with van der Waals surface area (Å²) in [7, 11) is 1.63. The van der Waals surface area contributed by atoms with Gasteiger partial charge in [0.1, 0.15) is 29.6 Å². The maximum Gasteiger partial charge on any atom is 0.235 e. The Morgan fingerprint density at radius 2 is 1.80 bits per heavy atom. The molecule has 1 N–H and O–H groups in total. The van der Waals surface area contributed by atoms with Gasteiger partial charge in [-0.2, -0.15) is 14.7 Å². The summed E-state index contributed by atoms with van der Waals surface area (Å²) in [5.74, 6) is 1.60. The molecular weight excluding hydrogens is 407 g/mol. The summed E-state index contributed by atoms with van der Waals surface area (Å²) in [6, 6.07) is 15.4. The third-order valence-electron chi connectivity index (χ3n) is 4.41. The number of hydrogen-bond acceptors (Lipinski definition) is 7. The number of benzene rings is 2.